The molecule has 0 saturated carbocycles. The fourth-order valence-electron chi connectivity index (χ4n) is 5.91. The van der Waals surface area contributed by atoms with Gasteiger partial charge < -0.3 is 19.4 Å². The summed E-state index contributed by atoms with van der Waals surface area (Å²) in [5.41, 5.74) is 4.04. The molecule has 3 aromatic heterocycles. The highest BCUT2D eigenvalue weighted by atomic mass is 19.4. The number of aliphatic imine (C=N–C) groups is 1. The maximum Gasteiger partial charge on any atom is 0.401 e. The summed E-state index contributed by atoms with van der Waals surface area (Å²) >= 11 is 0. The number of methoxy groups -OCH3 is 1. The number of pyridine rings is 1. The fraction of sp³-hybridized carbons (Fsp3) is 0.448. The number of allylic oxidation sites excluding steroid dienone is 1. The number of likely N-dealkylation sites (tertiary alicyclic amines) is 1. The van der Waals surface area contributed by atoms with Gasteiger partial charge in [-0.25, -0.2) is 4.99 Å². The van der Waals surface area contributed by atoms with E-state index in [0.29, 0.717) is 48.5 Å². The number of carbonyl (C=O) groups is 2. The van der Waals surface area contributed by atoms with E-state index in [9.17, 15) is 22.8 Å². The minimum absolute atomic E-state index is 0.00992. The molecule has 3 aromatic rings. The van der Waals surface area contributed by atoms with Crippen molar-refractivity contribution in [1.29, 1.82) is 0 Å². The molecule has 2 aliphatic rings. The van der Waals surface area contributed by atoms with Crippen molar-refractivity contribution in [1.82, 2.24) is 24.8 Å². The molecule has 1 saturated heterocycles. The van der Waals surface area contributed by atoms with E-state index in [1.807, 2.05) is 42.8 Å². The Balaban J connectivity index is 1.46. The van der Waals surface area contributed by atoms with Gasteiger partial charge in [0, 0.05) is 67.5 Å². The second-order valence-corrected chi connectivity index (χ2v) is 10.8. The molecular formula is C29H34F3N7O3. The minimum Gasteiger partial charge on any atom is -0.500 e. The number of nitrogens with zero attached hydrogens (tertiary/aromatic N) is 5. The van der Waals surface area contributed by atoms with Crippen LogP contribution >= 0.6 is 0 Å². The molecule has 1 fully saturated rings. The third-order valence-corrected chi connectivity index (χ3v) is 8.03. The number of halogens is 3. The predicted octanol–water partition coefficient (Wildman–Crippen LogP) is 3.98. The van der Waals surface area contributed by atoms with Crippen LogP contribution < -0.4 is 10.2 Å². The lowest BCUT2D eigenvalue weighted by Gasteiger charge is -2.39. The SMILES string of the molecule is COC1=CC(C)=NC(=O)C1CNC(=O)c1cc2c(-c3ccn[nH]3)ccn2c(N(C)C2CCN(CC(F)(F)F)CC2)c1C. The quantitative estimate of drug-likeness (QED) is 0.414. The van der Waals surface area contributed by atoms with Gasteiger partial charge in [-0.2, -0.15) is 18.3 Å². The lowest BCUT2D eigenvalue weighted by atomic mass is 10.0. The van der Waals surface area contributed by atoms with Crippen LogP contribution in [0.5, 0.6) is 0 Å². The summed E-state index contributed by atoms with van der Waals surface area (Å²) in [5, 5.41) is 9.93. The van der Waals surface area contributed by atoms with Gasteiger partial charge in [-0.3, -0.25) is 19.6 Å². The number of ether oxygens (including phenoxy) is 1. The molecule has 0 aliphatic carbocycles. The number of hydrogen-bond acceptors (Lipinski definition) is 6. The Morgan fingerprint density at radius 3 is 2.62 bits per heavy atom. The zero-order chi connectivity index (χ0) is 30.2. The molecule has 1 unspecified atom stereocenters. The highest BCUT2D eigenvalue weighted by molar-refractivity contribution is 6.06. The maximum atomic E-state index is 13.7. The molecule has 0 radical (unpaired) electrons. The first kappa shape index (κ1) is 29.4. The van der Waals surface area contributed by atoms with Crippen molar-refractivity contribution in [2.75, 3.05) is 45.2 Å². The molecule has 224 valence electrons. The standard InChI is InChI=1S/C29H34F3N7O3/c1-17-13-25(42-4)22(27(41)35-17)15-33-26(40)21-14-24-20(23-5-9-34-36-23)8-12-39(24)28(18(21)2)37(3)19-6-10-38(11-7-19)16-29(30,31)32/h5,8-9,12-14,19,22H,6-7,10-11,15-16H2,1-4H3,(H,33,40)(H,34,36). The average molecular weight is 586 g/mol. The highest BCUT2D eigenvalue weighted by Gasteiger charge is 2.34. The van der Waals surface area contributed by atoms with Crippen LogP contribution in [0.1, 0.15) is 35.7 Å². The number of piperidine rings is 1. The minimum atomic E-state index is -4.23. The third-order valence-electron chi connectivity index (χ3n) is 8.03. The Morgan fingerprint density at radius 2 is 1.98 bits per heavy atom. The van der Waals surface area contributed by atoms with Crippen molar-refractivity contribution in [3.63, 3.8) is 0 Å². The molecule has 42 heavy (non-hydrogen) atoms. The number of carbonyl (C=O) groups excluding carboxylic acids is 2. The number of aromatic nitrogens is 3. The second-order valence-electron chi connectivity index (χ2n) is 10.8. The number of aromatic amines is 1. The third kappa shape index (κ3) is 5.91. The largest absolute Gasteiger partial charge is 0.500 e. The topological polar surface area (TPSA) is 107 Å². The first-order chi connectivity index (χ1) is 20.0. The molecule has 2 aliphatic heterocycles. The van der Waals surface area contributed by atoms with E-state index in [-0.39, 0.29) is 24.4 Å². The summed E-state index contributed by atoms with van der Waals surface area (Å²) in [6, 6.07) is 5.56. The summed E-state index contributed by atoms with van der Waals surface area (Å²) in [5.74, 6) is -0.278. The summed E-state index contributed by atoms with van der Waals surface area (Å²) < 4.78 is 46.2. The number of alkyl halides is 3. The maximum absolute atomic E-state index is 13.7. The smallest absolute Gasteiger partial charge is 0.401 e. The molecule has 0 spiro atoms. The number of fused-ring (bicyclic) bond motifs is 1. The van der Waals surface area contributed by atoms with Gasteiger partial charge in [0.15, 0.2) is 0 Å². The fourth-order valence-corrected chi connectivity index (χ4v) is 5.91. The van der Waals surface area contributed by atoms with E-state index in [0.717, 1.165) is 22.6 Å². The normalized spacial score (nSPS) is 18.6. The molecular weight excluding hydrogens is 551 g/mol. The van der Waals surface area contributed by atoms with Crippen LogP contribution in [0.3, 0.4) is 0 Å². The van der Waals surface area contributed by atoms with Gasteiger partial charge in [0.1, 0.15) is 17.5 Å². The van der Waals surface area contributed by atoms with Crippen molar-refractivity contribution >= 4 is 28.9 Å². The zero-order valence-electron chi connectivity index (χ0n) is 24.0. The number of amides is 2. The lowest BCUT2D eigenvalue weighted by molar-refractivity contribution is -0.147. The molecule has 2 N–H and O–H groups in total. The monoisotopic (exact) mass is 585 g/mol. The Morgan fingerprint density at radius 1 is 1.24 bits per heavy atom. The van der Waals surface area contributed by atoms with Gasteiger partial charge in [0.05, 0.1) is 24.9 Å². The zero-order valence-corrected chi connectivity index (χ0v) is 24.0. The summed E-state index contributed by atoms with van der Waals surface area (Å²) in [6.07, 6.45) is 2.11. The first-order valence-electron chi connectivity index (χ1n) is 13.8. The Labute approximate surface area is 241 Å². The van der Waals surface area contributed by atoms with Crippen molar-refractivity contribution in [2.45, 2.75) is 38.9 Å². The first-order valence-corrected chi connectivity index (χ1v) is 13.8. The van der Waals surface area contributed by atoms with Crippen LogP contribution in [-0.4, -0.2) is 89.6 Å². The van der Waals surface area contributed by atoms with Gasteiger partial charge in [-0.15, -0.1) is 0 Å². The van der Waals surface area contributed by atoms with E-state index >= 15 is 0 Å². The van der Waals surface area contributed by atoms with Crippen LogP contribution in [0.4, 0.5) is 19.0 Å². The molecule has 10 nitrogen and oxygen atoms in total. The number of H-pyrrole nitrogens is 1. The summed E-state index contributed by atoms with van der Waals surface area (Å²) in [4.78, 5) is 33.8. The van der Waals surface area contributed by atoms with Crippen LogP contribution in [0.15, 0.2) is 47.4 Å². The van der Waals surface area contributed by atoms with Gasteiger partial charge in [0.25, 0.3) is 11.8 Å². The van der Waals surface area contributed by atoms with Crippen molar-refractivity contribution < 1.29 is 27.5 Å². The highest BCUT2D eigenvalue weighted by Crippen LogP contribution is 2.34. The van der Waals surface area contributed by atoms with Crippen LogP contribution in [-0.2, 0) is 9.53 Å². The van der Waals surface area contributed by atoms with Crippen molar-refractivity contribution in [3.05, 3.63) is 53.6 Å². The molecule has 5 rings (SSSR count). The van der Waals surface area contributed by atoms with E-state index in [1.165, 1.54) is 12.0 Å². The lowest BCUT2D eigenvalue weighted by Crippen LogP contribution is -2.46. The van der Waals surface area contributed by atoms with Crippen molar-refractivity contribution in [2.24, 2.45) is 10.9 Å². The van der Waals surface area contributed by atoms with E-state index in [1.54, 1.807) is 19.2 Å². The molecule has 0 bridgehead atoms. The average Bonchev–Trinajstić information content (AvgIpc) is 3.61. The van der Waals surface area contributed by atoms with E-state index in [2.05, 4.69) is 25.4 Å². The van der Waals surface area contributed by atoms with Gasteiger partial charge >= 0.3 is 6.18 Å². The van der Waals surface area contributed by atoms with Gasteiger partial charge in [-0.1, -0.05) is 0 Å². The summed E-state index contributed by atoms with van der Waals surface area (Å²) in [6.45, 7) is 3.31. The molecule has 0 aromatic carbocycles. The Hall–Kier alpha value is -4.13. The molecule has 1 atom stereocenters. The second kappa shape index (κ2) is 11.6. The molecule has 13 heteroatoms. The number of hydrogen-bond donors (Lipinski definition) is 2. The number of rotatable bonds is 8. The Bertz CT molecular complexity index is 1530. The number of dihydropyridines is 1. The molecule has 2 amide bonds. The van der Waals surface area contributed by atoms with Crippen LogP contribution in [0.2, 0.25) is 0 Å². The molecule has 5 heterocycles. The Kier molecular flexibility index (Phi) is 8.13. The number of anilines is 1. The van der Waals surface area contributed by atoms with Crippen molar-refractivity contribution in [3.8, 4) is 11.3 Å². The van der Waals surface area contributed by atoms with Gasteiger partial charge in [-0.05, 0) is 51.0 Å². The van der Waals surface area contributed by atoms with E-state index < -0.39 is 18.6 Å². The van der Waals surface area contributed by atoms with Gasteiger partial charge in [0.2, 0.25) is 0 Å². The predicted molar refractivity (Wildman–Crippen MR) is 153 cm³/mol. The number of nitrogens with one attached hydrogen (secondary N) is 2. The summed E-state index contributed by atoms with van der Waals surface area (Å²) in [7, 11) is 3.39. The van der Waals surface area contributed by atoms with E-state index in [4.69, 9.17) is 4.74 Å². The van der Waals surface area contributed by atoms with Crippen LogP contribution in [0.25, 0.3) is 16.8 Å². The van der Waals surface area contributed by atoms with Crippen LogP contribution in [0, 0.1) is 12.8 Å².